The number of ether oxygens (including phenoxy) is 1. The molecule has 2 saturated carbocycles. The summed E-state index contributed by atoms with van der Waals surface area (Å²) in [6.07, 6.45) is 7.87. The van der Waals surface area contributed by atoms with Crippen molar-refractivity contribution in [1.29, 1.82) is 0 Å². The molecule has 50 heavy (non-hydrogen) atoms. The summed E-state index contributed by atoms with van der Waals surface area (Å²) in [6.45, 7) is -0.00986. The van der Waals surface area contributed by atoms with E-state index >= 15 is 0 Å². The molecule has 1 saturated heterocycles. The normalized spacial score (nSPS) is 28.4. The molecule has 12 nitrogen and oxygen atoms in total. The zero-order valence-corrected chi connectivity index (χ0v) is 28.1. The van der Waals surface area contributed by atoms with E-state index < -0.39 is 68.5 Å². The molecule has 2 aliphatic carbocycles. The fourth-order valence-electron chi connectivity index (χ4n) is 7.35. The van der Waals surface area contributed by atoms with Crippen molar-refractivity contribution >= 4 is 60.7 Å². The molecule has 4 N–H and O–H groups in total. The fraction of sp³-hybridized carbons (Fsp3) is 0.444. The number of halogens is 1. The van der Waals surface area contributed by atoms with Crippen molar-refractivity contribution in [2.45, 2.75) is 86.8 Å². The van der Waals surface area contributed by atoms with Crippen LogP contribution in [0.1, 0.15) is 57.8 Å². The second-order valence-corrected chi connectivity index (χ2v) is 15.9. The summed E-state index contributed by atoms with van der Waals surface area (Å²) in [4.78, 5) is 47.8. The number of fused-ring (bicyclic) bond motifs is 6. The number of amides is 3. The number of pyridine rings is 1. The third-order valence-electron chi connectivity index (χ3n) is 10.4. The number of allylic oxidation sites excluding steroid dienone is 1. The maximum Gasteiger partial charge on any atom is 0.259 e. The molecule has 262 valence electrons. The highest BCUT2D eigenvalue weighted by Gasteiger charge is 2.62. The smallest absolute Gasteiger partial charge is 0.259 e. The zero-order chi connectivity index (χ0) is 34.8. The number of para-hydroxylation sites is 1. The van der Waals surface area contributed by atoms with Crippen LogP contribution in [0.25, 0.3) is 33.0 Å². The summed E-state index contributed by atoms with van der Waals surface area (Å²) in [5.41, 5.74) is 6.80. The van der Waals surface area contributed by atoms with Gasteiger partial charge in [-0.05, 0) is 68.9 Å². The van der Waals surface area contributed by atoms with Crippen LogP contribution in [0, 0.1) is 11.7 Å². The Morgan fingerprint density at radius 2 is 1.92 bits per heavy atom. The molecule has 3 fully saturated rings. The van der Waals surface area contributed by atoms with E-state index in [1.165, 1.54) is 17.0 Å². The van der Waals surface area contributed by atoms with Gasteiger partial charge in [-0.1, -0.05) is 37.1 Å². The van der Waals surface area contributed by atoms with Gasteiger partial charge in [0.2, 0.25) is 21.8 Å². The number of hydrogen-bond donors (Lipinski definition) is 3. The van der Waals surface area contributed by atoms with E-state index in [1.54, 1.807) is 12.1 Å². The summed E-state index contributed by atoms with van der Waals surface area (Å²) in [5.74, 6) is -2.49. The second-order valence-electron chi connectivity index (χ2n) is 14.0. The van der Waals surface area contributed by atoms with Crippen LogP contribution in [0.3, 0.4) is 0 Å². The quantitative estimate of drug-likeness (QED) is 0.260. The van der Waals surface area contributed by atoms with E-state index in [0.717, 1.165) is 31.1 Å². The van der Waals surface area contributed by atoms with Crippen molar-refractivity contribution in [3.05, 3.63) is 60.4 Å². The Morgan fingerprint density at radius 1 is 1.10 bits per heavy atom. The third kappa shape index (κ3) is 5.87. The van der Waals surface area contributed by atoms with E-state index in [1.807, 2.05) is 30.4 Å². The maximum absolute atomic E-state index is 14.6. The molecule has 2 aromatic carbocycles. The van der Waals surface area contributed by atoms with Crippen LogP contribution in [0.5, 0.6) is 5.75 Å². The highest BCUT2D eigenvalue weighted by molar-refractivity contribution is 7.91. The number of hydrogen-bond acceptors (Lipinski definition) is 9. The Balaban J connectivity index is 1.14. The number of benzene rings is 2. The lowest BCUT2D eigenvalue weighted by Crippen LogP contribution is -2.57. The fourth-order valence-corrected chi connectivity index (χ4v) is 8.72. The first-order chi connectivity index (χ1) is 24.0. The molecule has 2 aromatic heterocycles. The van der Waals surface area contributed by atoms with Crippen molar-refractivity contribution in [3.8, 4) is 5.75 Å². The first-order valence-electron chi connectivity index (χ1n) is 17.2. The van der Waals surface area contributed by atoms with Gasteiger partial charge in [0, 0.05) is 23.1 Å². The number of sulfonamides is 1. The monoisotopic (exact) mass is 703 g/mol. The number of furan rings is 1. The van der Waals surface area contributed by atoms with Crippen LogP contribution in [-0.4, -0.2) is 71.5 Å². The van der Waals surface area contributed by atoms with Crippen LogP contribution in [0.4, 0.5) is 4.39 Å². The Bertz CT molecular complexity index is 2180. The van der Waals surface area contributed by atoms with Gasteiger partial charge in [0.25, 0.3) is 5.91 Å². The highest BCUT2D eigenvalue weighted by atomic mass is 32.2. The first-order valence-corrected chi connectivity index (χ1v) is 18.8. The van der Waals surface area contributed by atoms with Crippen LogP contribution < -0.4 is 20.5 Å². The van der Waals surface area contributed by atoms with Gasteiger partial charge in [0.15, 0.2) is 11.3 Å². The number of carbonyl (C=O) groups is 3. The second kappa shape index (κ2) is 12.3. The van der Waals surface area contributed by atoms with Crippen molar-refractivity contribution < 1.29 is 36.3 Å². The van der Waals surface area contributed by atoms with E-state index in [4.69, 9.17) is 19.9 Å². The van der Waals surface area contributed by atoms with Gasteiger partial charge in [-0.3, -0.25) is 19.1 Å². The molecular formula is C36H38FN5O7S. The predicted molar refractivity (Wildman–Crippen MR) is 183 cm³/mol. The third-order valence-corrected chi connectivity index (χ3v) is 12.2. The van der Waals surface area contributed by atoms with Crippen molar-refractivity contribution in [2.24, 2.45) is 11.7 Å². The van der Waals surface area contributed by atoms with Gasteiger partial charge in [-0.25, -0.2) is 17.8 Å². The Hall–Kier alpha value is -4.56. The molecule has 14 heteroatoms. The van der Waals surface area contributed by atoms with Crippen molar-refractivity contribution in [1.82, 2.24) is 19.9 Å². The van der Waals surface area contributed by atoms with E-state index in [9.17, 15) is 27.2 Å². The molecule has 0 radical (unpaired) electrons. The van der Waals surface area contributed by atoms with Gasteiger partial charge < -0.3 is 25.1 Å². The molecule has 8 rings (SSSR count). The molecule has 4 heterocycles. The minimum atomic E-state index is -3.87. The largest absolute Gasteiger partial charge is 0.484 e. The number of nitrogens with one attached hydrogen (secondary N) is 2. The van der Waals surface area contributed by atoms with Crippen LogP contribution in [0.15, 0.2) is 59.0 Å². The van der Waals surface area contributed by atoms with Crippen LogP contribution in [-0.2, 0) is 24.4 Å². The molecule has 4 aliphatic rings. The van der Waals surface area contributed by atoms with Crippen LogP contribution in [0.2, 0.25) is 0 Å². The van der Waals surface area contributed by atoms with Gasteiger partial charge >= 0.3 is 0 Å². The predicted octanol–water partition coefficient (Wildman–Crippen LogP) is 3.95. The van der Waals surface area contributed by atoms with Gasteiger partial charge in [0.05, 0.1) is 23.4 Å². The molecular weight excluding hydrogens is 665 g/mol. The topological polar surface area (TPSA) is 174 Å². The Kier molecular flexibility index (Phi) is 8.05. The van der Waals surface area contributed by atoms with E-state index in [-0.39, 0.29) is 25.1 Å². The summed E-state index contributed by atoms with van der Waals surface area (Å²) in [7, 11) is -3.87. The lowest BCUT2D eigenvalue weighted by atomic mass is 10.1. The Morgan fingerprint density at radius 3 is 2.74 bits per heavy atom. The number of nitrogens with zero attached hydrogens (tertiary/aromatic N) is 2. The number of nitrogens with two attached hydrogens (primary N) is 1. The molecule has 2 aliphatic heterocycles. The number of rotatable bonds is 5. The molecule has 4 aromatic rings. The maximum atomic E-state index is 14.6. The minimum Gasteiger partial charge on any atom is -0.484 e. The zero-order valence-electron chi connectivity index (χ0n) is 27.3. The lowest BCUT2D eigenvalue weighted by molar-refractivity contribution is -0.140. The highest BCUT2D eigenvalue weighted by Crippen LogP contribution is 2.46. The number of carbonyl (C=O) groups excluding carboxylic acids is 3. The number of aromatic nitrogens is 1. The lowest BCUT2D eigenvalue weighted by Gasteiger charge is -2.28. The van der Waals surface area contributed by atoms with Gasteiger partial charge in [-0.2, -0.15) is 0 Å². The van der Waals surface area contributed by atoms with Crippen molar-refractivity contribution in [2.75, 3.05) is 6.54 Å². The summed E-state index contributed by atoms with van der Waals surface area (Å²) in [6, 6.07) is 9.59. The molecule has 0 unspecified atom stereocenters. The molecule has 0 spiro atoms. The van der Waals surface area contributed by atoms with E-state index in [2.05, 4.69) is 10.0 Å². The SMILES string of the molecule is N[C@H]1CCCCC/C=C\[C@H]2C[C@@]2(C(=O)NS(=O)(=O)C2CC2)NC(=O)[C@@H]2C[C@@H](Oc3c4cc(F)ccc4nc4c3oc3ccccc34)CN2C1=O. The Labute approximate surface area is 287 Å². The average Bonchev–Trinajstić information content (AvgIpc) is 3.99. The summed E-state index contributed by atoms with van der Waals surface area (Å²) >= 11 is 0. The average molecular weight is 704 g/mol. The molecule has 3 amide bonds. The first kappa shape index (κ1) is 32.6. The molecule has 5 atom stereocenters. The van der Waals surface area contributed by atoms with E-state index in [0.29, 0.717) is 46.8 Å². The molecule has 0 bridgehead atoms. The van der Waals surface area contributed by atoms with Crippen LogP contribution >= 0.6 is 0 Å². The standard InChI is InChI=1S/C36H38FN5O7S/c37-21-12-15-27-25(16-21)31(32-30(39-27)24-9-6-7-11-29(24)49-32)48-22-17-28-33(43)40-36(35(45)41-50(46,47)23-13-14-23)18-20(36)8-4-2-1-3-5-10-26(38)34(44)42(28)19-22/h4,6-9,11-12,15-16,20,22-23,26,28H,1-3,5,10,13-14,17-19,38H2,(H,40,43)(H,41,45)/b8-4-/t20-,22+,26-,28-,36+/m0/s1. The van der Waals surface area contributed by atoms with Gasteiger partial charge in [0.1, 0.15) is 34.6 Å². The van der Waals surface area contributed by atoms with Gasteiger partial charge in [-0.15, -0.1) is 0 Å². The summed E-state index contributed by atoms with van der Waals surface area (Å²) < 4.78 is 55.1. The summed E-state index contributed by atoms with van der Waals surface area (Å²) in [5, 5.41) is 3.36. The van der Waals surface area contributed by atoms with Crippen molar-refractivity contribution in [3.63, 3.8) is 0 Å². The minimum absolute atomic E-state index is 0.00986.